The predicted molar refractivity (Wildman–Crippen MR) is 82.1 cm³/mol. The smallest absolute Gasteiger partial charge is 0.138 e. The highest BCUT2D eigenvalue weighted by Crippen LogP contribution is 2.30. The summed E-state index contributed by atoms with van der Waals surface area (Å²) in [6, 6.07) is 5.77. The first-order valence-corrected chi connectivity index (χ1v) is 7.13. The number of rotatable bonds is 6. The van der Waals surface area contributed by atoms with E-state index in [2.05, 4.69) is 18.9 Å². The number of aromatic nitrogens is 2. The van der Waals surface area contributed by atoms with Crippen molar-refractivity contribution in [1.29, 1.82) is 0 Å². The summed E-state index contributed by atoms with van der Waals surface area (Å²) in [4.78, 5) is 0. The fraction of sp³-hybridized carbons (Fsp3) is 0.400. The highest BCUT2D eigenvalue weighted by Gasteiger charge is 2.08. The van der Waals surface area contributed by atoms with Gasteiger partial charge >= 0.3 is 0 Å². The van der Waals surface area contributed by atoms with Crippen molar-refractivity contribution in [2.24, 2.45) is 11.7 Å². The van der Waals surface area contributed by atoms with Crippen molar-refractivity contribution < 1.29 is 4.74 Å². The second kappa shape index (κ2) is 6.77. The van der Waals surface area contributed by atoms with Crippen LogP contribution in [0.15, 0.2) is 30.6 Å². The van der Waals surface area contributed by atoms with Crippen LogP contribution >= 0.6 is 11.6 Å². The van der Waals surface area contributed by atoms with Crippen LogP contribution in [0.2, 0.25) is 5.02 Å². The van der Waals surface area contributed by atoms with Crippen molar-refractivity contribution in [1.82, 2.24) is 9.78 Å². The molecule has 0 aliphatic heterocycles. The van der Waals surface area contributed by atoms with Crippen LogP contribution in [0.25, 0.3) is 11.1 Å². The van der Waals surface area contributed by atoms with Crippen LogP contribution in [-0.2, 0) is 6.54 Å². The summed E-state index contributed by atoms with van der Waals surface area (Å²) in [6.07, 6.45) is 3.80. The van der Waals surface area contributed by atoms with Crippen LogP contribution in [0.5, 0.6) is 5.75 Å². The van der Waals surface area contributed by atoms with Crippen LogP contribution in [-0.4, -0.2) is 22.9 Å². The SMILES string of the molecule is CC(C)COc1cc(-c2cnn(CCN)c2)ccc1Cl. The fourth-order valence-corrected chi connectivity index (χ4v) is 1.99. The molecule has 0 amide bonds. The molecule has 0 bridgehead atoms. The first kappa shape index (κ1) is 14.9. The van der Waals surface area contributed by atoms with Gasteiger partial charge in [-0.2, -0.15) is 5.10 Å². The first-order valence-electron chi connectivity index (χ1n) is 6.75. The molecule has 2 N–H and O–H groups in total. The summed E-state index contributed by atoms with van der Waals surface area (Å²) in [6.45, 7) is 6.15. The Morgan fingerprint density at radius 3 is 2.85 bits per heavy atom. The Hall–Kier alpha value is -1.52. The van der Waals surface area contributed by atoms with E-state index in [0.29, 0.717) is 36.4 Å². The highest BCUT2D eigenvalue weighted by molar-refractivity contribution is 6.32. The van der Waals surface area contributed by atoms with Gasteiger partial charge < -0.3 is 10.5 Å². The van der Waals surface area contributed by atoms with Crippen molar-refractivity contribution in [2.75, 3.05) is 13.2 Å². The lowest BCUT2D eigenvalue weighted by atomic mass is 10.1. The summed E-state index contributed by atoms with van der Waals surface area (Å²) >= 11 is 6.16. The molecule has 0 radical (unpaired) electrons. The molecule has 0 atom stereocenters. The van der Waals surface area contributed by atoms with Gasteiger partial charge in [0, 0.05) is 18.3 Å². The summed E-state index contributed by atoms with van der Waals surface area (Å²) in [5, 5.41) is 4.90. The number of ether oxygens (including phenoxy) is 1. The zero-order valence-corrected chi connectivity index (χ0v) is 12.6. The normalized spacial score (nSPS) is 11.1. The number of nitrogens with two attached hydrogens (primary N) is 1. The number of nitrogens with zero attached hydrogens (tertiary/aromatic N) is 2. The summed E-state index contributed by atoms with van der Waals surface area (Å²) < 4.78 is 7.57. The third-order valence-electron chi connectivity index (χ3n) is 2.83. The molecule has 2 rings (SSSR count). The van der Waals surface area contributed by atoms with E-state index in [1.54, 1.807) is 0 Å². The average molecular weight is 294 g/mol. The Kier molecular flexibility index (Phi) is 5.04. The highest BCUT2D eigenvalue weighted by atomic mass is 35.5. The van der Waals surface area contributed by atoms with Crippen LogP contribution < -0.4 is 10.5 Å². The van der Waals surface area contributed by atoms with E-state index in [-0.39, 0.29) is 0 Å². The molecule has 2 aromatic rings. The van der Waals surface area contributed by atoms with E-state index >= 15 is 0 Å². The predicted octanol–water partition coefficient (Wildman–Crippen LogP) is 3.20. The van der Waals surface area contributed by atoms with Gasteiger partial charge in [-0.25, -0.2) is 0 Å². The molecule has 0 saturated carbocycles. The van der Waals surface area contributed by atoms with Crippen LogP contribution in [0.1, 0.15) is 13.8 Å². The lowest BCUT2D eigenvalue weighted by Gasteiger charge is -2.11. The fourth-order valence-electron chi connectivity index (χ4n) is 1.82. The third-order valence-corrected chi connectivity index (χ3v) is 3.14. The molecular weight excluding hydrogens is 274 g/mol. The maximum absolute atomic E-state index is 6.16. The topological polar surface area (TPSA) is 53.1 Å². The molecule has 0 aliphatic carbocycles. The van der Waals surface area contributed by atoms with Crippen LogP contribution in [0.4, 0.5) is 0 Å². The minimum absolute atomic E-state index is 0.460. The van der Waals surface area contributed by atoms with Gasteiger partial charge in [-0.15, -0.1) is 0 Å². The lowest BCUT2D eigenvalue weighted by Crippen LogP contribution is -2.09. The quantitative estimate of drug-likeness (QED) is 0.890. The molecule has 0 unspecified atom stereocenters. The van der Waals surface area contributed by atoms with Gasteiger partial charge in [0.1, 0.15) is 5.75 Å². The monoisotopic (exact) mass is 293 g/mol. The number of hydrogen-bond donors (Lipinski definition) is 1. The lowest BCUT2D eigenvalue weighted by molar-refractivity contribution is 0.271. The minimum atomic E-state index is 0.460. The van der Waals surface area contributed by atoms with E-state index in [9.17, 15) is 0 Å². The second-order valence-electron chi connectivity index (χ2n) is 5.13. The largest absolute Gasteiger partial charge is 0.492 e. The van der Waals surface area contributed by atoms with E-state index in [0.717, 1.165) is 11.1 Å². The third kappa shape index (κ3) is 3.74. The Balaban J connectivity index is 2.20. The van der Waals surface area contributed by atoms with Gasteiger partial charge in [-0.05, 0) is 23.6 Å². The van der Waals surface area contributed by atoms with E-state index < -0.39 is 0 Å². The van der Waals surface area contributed by atoms with Gasteiger partial charge in [0.2, 0.25) is 0 Å². The van der Waals surface area contributed by atoms with Gasteiger partial charge in [-0.1, -0.05) is 31.5 Å². The van der Waals surface area contributed by atoms with Crippen LogP contribution in [0.3, 0.4) is 0 Å². The van der Waals surface area contributed by atoms with Gasteiger partial charge in [0.05, 0.1) is 24.4 Å². The van der Waals surface area contributed by atoms with E-state index in [1.165, 1.54) is 0 Å². The molecule has 1 aromatic carbocycles. The van der Waals surface area contributed by atoms with E-state index in [1.807, 2.05) is 35.3 Å². The number of hydrogen-bond acceptors (Lipinski definition) is 3. The van der Waals surface area contributed by atoms with E-state index in [4.69, 9.17) is 22.1 Å². The number of benzene rings is 1. The molecular formula is C15H20ClN3O. The Morgan fingerprint density at radius 2 is 2.15 bits per heavy atom. The Bertz CT molecular complexity index is 566. The Morgan fingerprint density at radius 1 is 1.35 bits per heavy atom. The summed E-state index contributed by atoms with van der Waals surface area (Å²) in [5.41, 5.74) is 7.59. The Labute approximate surface area is 124 Å². The molecule has 5 heteroatoms. The zero-order valence-electron chi connectivity index (χ0n) is 11.8. The summed E-state index contributed by atoms with van der Waals surface area (Å²) in [5.74, 6) is 1.17. The average Bonchev–Trinajstić information content (AvgIpc) is 2.87. The van der Waals surface area contributed by atoms with Crippen molar-refractivity contribution >= 4 is 11.6 Å². The second-order valence-corrected chi connectivity index (χ2v) is 5.54. The maximum Gasteiger partial charge on any atom is 0.138 e. The van der Waals surface area contributed by atoms with Gasteiger partial charge in [0.25, 0.3) is 0 Å². The minimum Gasteiger partial charge on any atom is -0.492 e. The molecule has 0 fully saturated rings. The molecule has 1 heterocycles. The molecule has 108 valence electrons. The van der Waals surface area contributed by atoms with Crippen LogP contribution in [0, 0.1) is 5.92 Å². The molecule has 0 saturated heterocycles. The van der Waals surface area contributed by atoms with Crippen molar-refractivity contribution in [2.45, 2.75) is 20.4 Å². The summed E-state index contributed by atoms with van der Waals surface area (Å²) in [7, 11) is 0. The van der Waals surface area contributed by atoms with Crippen molar-refractivity contribution in [3.05, 3.63) is 35.6 Å². The molecule has 1 aromatic heterocycles. The van der Waals surface area contributed by atoms with Crippen molar-refractivity contribution in [3.63, 3.8) is 0 Å². The van der Waals surface area contributed by atoms with Crippen molar-refractivity contribution in [3.8, 4) is 16.9 Å². The standard InChI is InChI=1S/C15H20ClN3O/c1-11(2)10-20-15-7-12(3-4-14(15)16)13-8-18-19(9-13)6-5-17/h3-4,7-9,11H,5-6,10,17H2,1-2H3. The zero-order chi connectivity index (χ0) is 14.5. The van der Waals surface area contributed by atoms with Gasteiger partial charge in [0.15, 0.2) is 0 Å². The van der Waals surface area contributed by atoms with Gasteiger partial charge in [-0.3, -0.25) is 4.68 Å². The first-order chi connectivity index (χ1) is 9.60. The molecule has 20 heavy (non-hydrogen) atoms. The number of halogens is 1. The molecule has 0 aliphatic rings. The maximum atomic E-state index is 6.16. The molecule has 0 spiro atoms. The molecule has 4 nitrogen and oxygen atoms in total.